The summed E-state index contributed by atoms with van der Waals surface area (Å²) in [6.07, 6.45) is 5.81. The first-order valence-corrected chi connectivity index (χ1v) is 12.2. The molecule has 2 saturated heterocycles. The van der Waals surface area contributed by atoms with Crippen molar-refractivity contribution in [2.45, 2.75) is 57.0 Å². The Bertz CT molecular complexity index is 1110. The predicted molar refractivity (Wildman–Crippen MR) is 130 cm³/mol. The average Bonchev–Trinajstić information content (AvgIpc) is 3.12. The summed E-state index contributed by atoms with van der Waals surface area (Å²) in [5.74, 6) is 2.33. The second kappa shape index (κ2) is 7.51. The highest BCUT2D eigenvalue weighted by Gasteiger charge is 2.55. The van der Waals surface area contributed by atoms with Gasteiger partial charge in [-0.3, -0.25) is 4.79 Å². The molecule has 2 N–H and O–H groups in total. The van der Waals surface area contributed by atoms with Gasteiger partial charge >= 0.3 is 0 Å². The van der Waals surface area contributed by atoms with Gasteiger partial charge in [0.1, 0.15) is 5.84 Å². The fourth-order valence-electron chi connectivity index (χ4n) is 6.60. The maximum Gasteiger partial charge on any atom is 0.222 e. The zero-order valence-electron chi connectivity index (χ0n) is 18.4. The lowest BCUT2D eigenvalue weighted by Crippen LogP contribution is -2.60. The number of hydrogen-bond acceptors (Lipinski definition) is 3. The average molecular weight is 449 g/mol. The molecule has 0 radical (unpaired) electrons. The normalized spacial score (nSPS) is 32.2. The first kappa shape index (κ1) is 20.1. The van der Waals surface area contributed by atoms with Crippen LogP contribution in [0.2, 0.25) is 5.02 Å². The summed E-state index contributed by atoms with van der Waals surface area (Å²) in [5, 5.41) is 8.33. The number of aryl methyl sites for hydroxylation is 1. The SMILES string of the molecule is Cc1ccccc1N=C1Nc2ccc(Cl)cc2N[C@]12C[C@H]1CCCC(=O)N3CC[C@@H](C2)[C@@H]13. The molecule has 3 fully saturated rings. The Morgan fingerprint density at radius 2 is 1.91 bits per heavy atom. The molecule has 3 aliphatic heterocycles. The Kier molecular flexibility index (Phi) is 4.72. The molecule has 1 amide bonds. The van der Waals surface area contributed by atoms with E-state index in [1.165, 1.54) is 5.56 Å². The van der Waals surface area contributed by atoms with Crippen LogP contribution in [0.15, 0.2) is 47.5 Å². The van der Waals surface area contributed by atoms with Crippen LogP contribution in [-0.2, 0) is 4.79 Å². The number of benzene rings is 2. The fourth-order valence-corrected chi connectivity index (χ4v) is 6.77. The summed E-state index contributed by atoms with van der Waals surface area (Å²) >= 11 is 6.36. The summed E-state index contributed by atoms with van der Waals surface area (Å²) < 4.78 is 0. The van der Waals surface area contributed by atoms with E-state index < -0.39 is 0 Å². The molecular formula is C26H29ClN4O. The van der Waals surface area contributed by atoms with Crippen molar-refractivity contribution < 1.29 is 4.79 Å². The van der Waals surface area contributed by atoms with E-state index in [0.717, 1.165) is 66.6 Å². The summed E-state index contributed by atoms with van der Waals surface area (Å²) in [6.45, 7) is 3.01. The highest BCUT2D eigenvalue weighted by atomic mass is 35.5. The molecular weight excluding hydrogens is 420 g/mol. The topological polar surface area (TPSA) is 56.7 Å². The minimum Gasteiger partial charge on any atom is -0.371 e. The quantitative estimate of drug-likeness (QED) is 0.582. The molecule has 1 spiro atoms. The van der Waals surface area contributed by atoms with Gasteiger partial charge in [-0.25, -0.2) is 4.99 Å². The highest BCUT2D eigenvalue weighted by Crippen LogP contribution is 2.51. The van der Waals surface area contributed by atoms with E-state index >= 15 is 0 Å². The van der Waals surface area contributed by atoms with Gasteiger partial charge in [0.25, 0.3) is 0 Å². The third kappa shape index (κ3) is 3.21. The van der Waals surface area contributed by atoms with Gasteiger partial charge in [-0.05, 0) is 80.7 Å². The van der Waals surface area contributed by atoms with Crippen LogP contribution in [0.3, 0.4) is 0 Å². The van der Waals surface area contributed by atoms with Crippen LogP contribution >= 0.6 is 11.6 Å². The number of halogens is 1. The first-order chi connectivity index (χ1) is 15.5. The molecule has 0 unspecified atom stereocenters. The Morgan fingerprint density at radius 3 is 2.75 bits per heavy atom. The first-order valence-electron chi connectivity index (χ1n) is 11.8. The van der Waals surface area contributed by atoms with Crippen LogP contribution in [0, 0.1) is 18.8 Å². The Morgan fingerprint density at radius 1 is 1.09 bits per heavy atom. The number of amidine groups is 1. The van der Waals surface area contributed by atoms with Crippen molar-refractivity contribution in [2.75, 3.05) is 17.2 Å². The minimum atomic E-state index is -0.283. The largest absolute Gasteiger partial charge is 0.371 e. The molecule has 6 rings (SSSR count). The minimum absolute atomic E-state index is 0.283. The van der Waals surface area contributed by atoms with E-state index in [1.807, 2.05) is 24.3 Å². The Hall–Kier alpha value is -2.53. The van der Waals surface area contributed by atoms with E-state index in [-0.39, 0.29) is 5.54 Å². The number of nitrogens with zero attached hydrogens (tertiary/aromatic N) is 2. The van der Waals surface area contributed by atoms with E-state index in [4.69, 9.17) is 16.6 Å². The third-order valence-electron chi connectivity index (χ3n) is 7.98. The summed E-state index contributed by atoms with van der Waals surface area (Å²) in [6, 6.07) is 14.6. The number of carbonyl (C=O) groups is 1. The smallest absolute Gasteiger partial charge is 0.222 e. The van der Waals surface area contributed by atoms with Crippen LogP contribution in [0.25, 0.3) is 0 Å². The molecule has 6 heteroatoms. The molecule has 1 saturated carbocycles. The van der Waals surface area contributed by atoms with Crippen molar-refractivity contribution in [3.05, 3.63) is 53.1 Å². The molecule has 5 nitrogen and oxygen atoms in total. The number of nitrogens with one attached hydrogen (secondary N) is 2. The second-order valence-electron chi connectivity index (χ2n) is 9.96. The number of para-hydroxylation sites is 1. The molecule has 32 heavy (non-hydrogen) atoms. The Labute approximate surface area is 194 Å². The number of amides is 1. The lowest BCUT2D eigenvalue weighted by atomic mass is 9.65. The van der Waals surface area contributed by atoms with Crippen LogP contribution in [0.4, 0.5) is 17.1 Å². The van der Waals surface area contributed by atoms with Crippen molar-refractivity contribution in [1.29, 1.82) is 0 Å². The van der Waals surface area contributed by atoms with Gasteiger partial charge in [-0.2, -0.15) is 0 Å². The van der Waals surface area contributed by atoms with Gasteiger partial charge < -0.3 is 15.5 Å². The Balaban J connectivity index is 1.46. The maximum atomic E-state index is 12.7. The zero-order chi connectivity index (χ0) is 21.9. The molecule has 2 aromatic rings. The van der Waals surface area contributed by atoms with Crippen LogP contribution in [0.1, 0.15) is 44.1 Å². The maximum absolute atomic E-state index is 12.7. The molecule has 4 aliphatic rings. The summed E-state index contributed by atoms with van der Waals surface area (Å²) in [4.78, 5) is 20.1. The van der Waals surface area contributed by atoms with Crippen molar-refractivity contribution in [3.63, 3.8) is 0 Å². The number of hydrogen-bond donors (Lipinski definition) is 2. The summed E-state index contributed by atoms with van der Waals surface area (Å²) in [5.41, 5.74) is 3.94. The van der Waals surface area contributed by atoms with Crippen molar-refractivity contribution in [1.82, 2.24) is 4.90 Å². The van der Waals surface area contributed by atoms with E-state index in [9.17, 15) is 4.79 Å². The van der Waals surface area contributed by atoms with Gasteiger partial charge in [0.2, 0.25) is 5.91 Å². The van der Waals surface area contributed by atoms with Crippen LogP contribution in [-0.4, -0.2) is 34.8 Å². The number of rotatable bonds is 1. The third-order valence-corrected chi connectivity index (χ3v) is 8.22. The monoisotopic (exact) mass is 448 g/mol. The lowest BCUT2D eigenvalue weighted by Gasteiger charge is -2.51. The van der Waals surface area contributed by atoms with Gasteiger partial charge in [-0.1, -0.05) is 29.8 Å². The molecule has 0 bridgehead atoms. The van der Waals surface area contributed by atoms with E-state index in [1.54, 1.807) is 0 Å². The van der Waals surface area contributed by atoms with Crippen molar-refractivity contribution in [2.24, 2.45) is 16.8 Å². The predicted octanol–water partition coefficient (Wildman–Crippen LogP) is 5.77. The number of anilines is 2. The molecule has 1 aliphatic carbocycles. The van der Waals surface area contributed by atoms with Crippen molar-refractivity contribution >= 4 is 40.4 Å². The number of fused-ring (bicyclic) bond motifs is 1. The second-order valence-corrected chi connectivity index (χ2v) is 10.4. The van der Waals surface area contributed by atoms with E-state index in [2.05, 4.69) is 40.7 Å². The highest BCUT2D eigenvalue weighted by molar-refractivity contribution is 6.31. The lowest BCUT2D eigenvalue weighted by molar-refractivity contribution is -0.132. The molecule has 166 valence electrons. The van der Waals surface area contributed by atoms with Gasteiger partial charge in [0.05, 0.1) is 22.6 Å². The van der Waals surface area contributed by atoms with Gasteiger partial charge in [0, 0.05) is 24.0 Å². The molecule has 2 aromatic carbocycles. The molecule has 4 atom stereocenters. The number of carbonyl (C=O) groups excluding carboxylic acids is 1. The molecule has 3 heterocycles. The standard InChI is InChI=1S/C26H29ClN4O/c1-16-5-2-3-7-20(16)28-25-26(30-22-13-19(27)9-10-21(22)29-25)14-17-6-4-8-23(32)31-12-11-18(15-26)24(17)31/h2-3,5,7,9-10,13,17-18,24,30H,4,6,8,11-12,14-15H2,1H3,(H,28,29)/t17-,18+,24-,26+/m1/s1. The number of aliphatic imine (C=N–C) groups is 1. The van der Waals surface area contributed by atoms with Gasteiger partial charge in [0.15, 0.2) is 0 Å². The fraction of sp³-hybridized carbons (Fsp3) is 0.462. The van der Waals surface area contributed by atoms with Crippen LogP contribution in [0.5, 0.6) is 0 Å². The zero-order valence-corrected chi connectivity index (χ0v) is 19.2. The van der Waals surface area contributed by atoms with Gasteiger partial charge in [-0.15, -0.1) is 0 Å². The summed E-state index contributed by atoms with van der Waals surface area (Å²) in [7, 11) is 0. The molecule has 0 aromatic heterocycles. The van der Waals surface area contributed by atoms with Crippen molar-refractivity contribution in [3.8, 4) is 0 Å². The van der Waals surface area contributed by atoms with E-state index in [0.29, 0.717) is 30.2 Å². The van der Waals surface area contributed by atoms with Crippen LogP contribution < -0.4 is 10.6 Å².